The standard InChI is InChI=1S/C16H23N3OS2/c1-6-7-9(2)17-13(20)8-21-15-14-10(3)11(4)22-16(14)19-12(5)18-15/h9H,6-8H2,1-5H3,(H,17,20)/t9-/m0/s1. The first-order valence-electron chi connectivity index (χ1n) is 7.58. The van der Waals surface area contributed by atoms with Gasteiger partial charge in [0.05, 0.1) is 5.75 Å². The molecule has 1 amide bonds. The van der Waals surface area contributed by atoms with E-state index in [-0.39, 0.29) is 11.9 Å². The van der Waals surface area contributed by atoms with Crippen LogP contribution in [0.1, 0.15) is 43.0 Å². The normalized spacial score (nSPS) is 12.6. The van der Waals surface area contributed by atoms with Gasteiger partial charge in [0, 0.05) is 16.3 Å². The average Bonchev–Trinajstić information content (AvgIpc) is 2.71. The largest absolute Gasteiger partial charge is 0.353 e. The molecule has 22 heavy (non-hydrogen) atoms. The lowest BCUT2D eigenvalue weighted by Gasteiger charge is -2.12. The van der Waals surface area contributed by atoms with Crippen molar-refractivity contribution in [3.63, 3.8) is 0 Å². The molecule has 0 aromatic carbocycles. The van der Waals surface area contributed by atoms with Crippen molar-refractivity contribution in [2.24, 2.45) is 0 Å². The first kappa shape index (κ1) is 17.2. The molecule has 120 valence electrons. The van der Waals surface area contributed by atoms with Crippen molar-refractivity contribution in [3.05, 3.63) is 16.3 Å². The van der Waals surface area contributed by atoms with Gasteiger partial charge in [-0.25, -0.2) is 9.97 Å². The number of nitrogens with one attached hydrogen (secondary N) is 1. The van der Waals surface area contributed by atoms with Gasteiger partial charge in [0.15, 0.2) is 0 Å². The number of hydrogen-bond acceptors (Lipinski definition) is 5. The van der Waals surface area contributed by atoms with Gasteiger partial charge >= 0.3 is 0 Å². The number of hydrogen-bond donors (Lipinski definition) is 1. The third kappa shape index (κ3) is 3.98. The lowest BCUT2D eigenvalue weighted by molar-refractivity contribution is -0.119. The summed E-state index contributed by atoms with van der Waals surface area (Å²) in [4.78, 5) is 23.4. The molecule has 0 aliphatic rings. The van der Waals surface area contributed by atoms with E-state index in [2.05, 4.69) is 36.1 Å². The van der Waals surface area contributed by atoms with Gasteiger partial charge in [-0.2, -0.15) is 0 Å². The average molecular weight is 338 g/mol. The number of thioether (sulfide) groups is 1. The van der Waals surface area contributed by atoms with Gasteiger partial charge < -0.3 is 5.32 Å². The molecule has 1 atom stereocenters. The predicted molar refractivity (Wildman–Crippen MR) is 94.9 cm³/mol. The highest BCUT2D eigenvalue weighted by Gasteiger charge is 2.15. The van der Waals surface area contributed by atoms with Crippen molar-refractivity contribution >= 4 is 39.2 Å². The molecule has 0 fully saturated rings. The van der Waals surface area contributed by atoms with Crippen LogP contribution in [0.4, 0.5) is 0 Å². The van der Waals surface area contributed by atoms with Crippen molar-refractivity contribution in [3.8, 4) is 0 Å². The third-order valence-electron chi connectivity index (χ3n) is 3.58. The number of amides is 1. The number of rotatable bonds is 6. The Kier molecular flexibility index (Phi) is 5.81. The molecule has 0 aliphatic carbocycles. The van der Waals surface area contributed by atoms with E-state index >= 15 is 0 Å². The topological polar surface area (TPSA) is 54.9 Å². The van der Waals surface area contributed by atoms with Crippen molar-refractivity contribution in [2.75, 3.05) is 5.75 Å². The number of aryl methyl sites for hydroxylation is 3. The van der Waals surface area contributed by atoms with Crippen LogP contribution < -0.4 is 5.32 Å². The molecule has 4 nitrogen and oxygen atoms in total. The SMILES string of the molecule is CCC[C@H](C)NC(=O)CSc1nc(C)nc2sc(C)c(C)c12. The van der Waals surface area contributed by atoms with E-state index in [0.717, 1.165) is 33.9 Å². The lowest BCUT2D eigenvalue weighted by atomic mass is 10.2. The first-order valence-corrected chi connectivity index (χ1v) is 9.39. The van der Waals surface area contributed by atoms with E-state index in [9.17, 15) is 4.79 Å². The molecular formula is C16H23N3OS2. The Morgan fingerprint density at radius 2 is 2.05 bits per heavy atom. The Bertz CT molecular complexity index is 682. The second-order valence-corrected chi connectivity index (χ2v) is 7.75. The van der Waals surface area contributed by atoms with Gasteiger partial charge in [-0.1, -0.05) is 25.1 Å². The van der Waals surface area contributed by atoms with E-state index in [0.29, 0.717) is 5.75 Å². The zero-order chi connectivity index (χ0) is 16.3. The van der Waals surface area contributed by atoms with Crippen LogP contribution in [0.3, 0.4) is 0 Å². The molecule has 2 heterocycles. The molecule has 0 saturated carbocycles. The second kappa shape index (κ2) is 7.42. The number of aromatic nitrogens is 2. The summed E-state index contributed by atoms with van der Waals surface area (Å²) in [5, 5.41) is 5.06. The van der Waals surface area contributed by atoms with Gasteiger partial charge in [0.1, 0.15) is 15.7 Å². The fourth-order valence-electron chi connectivity index (χ4n) is 2.37. The monoisotopic (exact) mass is 337 g/mol. The summed E-state index contributed by atoms with van der Waals surface area (Å²) in [5.41, 5.74) is 1.22. The molecule has 0 unspecified atom stereocenters. The first-order chi connectivity index (χ1) is 10.4. The maximum Gasteiger partial charge on any atom is 0.230 e. The van der Waals surface area contributed by atoms with Crippen molar-refractivity contribution in [1.29, 1.82) is 0 Å². The molecule has 2 aromatic rings. The van der Waals surface area contributed by atoms with Crippen molar-refractivity contribution in [1.82, 2.24) is 15.3 Å². The smallest absolute Gasteiger partial charge is 0.230 e. The third-order valence-corrected chi connectivity index (χ3v) is 5.65. The molecule has 0 spiro atoms. The molecule has 0 radical (unpaired) electrons. The van der Waals surface area contributed by atoms with E-state index in [1.54, 1.807) is 11.3 Å². The quantitative estimate of drug-likeness (QED) is 0.639. The fourth-order valence-corrected chi connectivity index (χ4v) is 4.46. The van der Waals surface area contributed by atoms with Gasteiger partial charge in [-0.05, 0) is 39.7 Å². The highest BCUT2D eigenvalue weighted by molar-refractivity contribution is 8.00. The van der Waals surface area contributed by atoms with E-state index < -0.39 is 0 Å². The minimum absolute atomic E-state index is 0.0694. The van der Waals surface area contributed by atoms with Crippen LogP contribution in [0, 0.1) is 20.8 Å². The molecule has 0 aliphatic heterocycles. The summed E-state index contributed by atoms with van der Waals surface area (Å²) < 4.78 is 0. The van der Waals surface area contributed by atoms with Crippen LogP contribution in [0.2, 0.25) is 0 Å². The van der Waals surface area contributed by atoms with Gasteiger partial charge in [-0.15, -0.1) is 11.3 Å². The molecule has 0 saturated heterocycles. The Hall–Kier alpha value is -1.14. The van der Waals surface area contributed by atoms with Crippen LogP contribution in [0.5, 0.6) is 0 Å². The van der Waals surface area contributed by atoms with Gasteiger partial charge in [0.2, 0.25) is 5.91 Å². The predicted octanol–water partition coefficient (Wildman–Crippen LogP) is 4.01. The van der Waals surface area contributed by atoms with Crippen LogP contribution in [-0.4, -0.2) is 27.7 Å². The minimum atomic E-state index is 0.0694. The number of carbonyl (C=O) groups excluding carboxylic acids is 1. The van der Waals surface area contributed by atoms with Crippen LogP contribution in [0.25, 0.3) is 10.2 Å². The number of carbonyl (C=O) groups is 1. The zero-order valence-electron chi connectivity index (χ0n) is 13.8. The van der Waals surface area contributed by atoms with E-state index in [1.165, 1.54) is 22.2 Å². The summed E-state index contributed by atoms with van der Waals surface area (Å²) in [7, 11) is 0. The zero-order valence-corrected chi connectivity index (χ0v) is 15.5. The van der Waals surface area contributed by atoms with Crippen LogP contribution >= 0.6 is 23.1 Å². The number of nitrogens with zero attached hydrogens (tertiary/aromatic N) is 2. The Morgan fingerprint density at radius 3 is 2.73 bits per heavy atom. The second-order valence-electron chi connectivity index (χ2n) is 5.59. The molecule has 0 bridgehead atoms. The molecular weight excluding hydrogens is 314 g/mol. The van der Waals surface area contributed by atoms with Gasteiger partial charge in [0.25, 0.3) is 0 Å². The van der Waals surface area contributed by atoms with Crippen molar-refractivity contribution < 1.29 is 4.79 Å². The molecule has 6 heteroatoms. The minimum Gasteiger partial charge on any atom is -0.353 e. The summed E-state index contributed by atoms with van der Waals surface area (Å²) in [5.74, 6) is 1.23. The Labute approximate surface area is 140 Å². The summed E-state index contributed by atoms with van der Waals surface area (Å²) >= 11 is 3.20. The molecule has 1 N–H and O–H groups in total. The number of fused-ring (bicyclic) bond motifs is 1. The van der Waals surface area contributed by atoms with Crippen molar-refractivity contribution in [2.45, 2.75) is 58.5 Å². The van der Waals surface area contributed by atoms with Crippen LogP contribution in [0.15, 0.2) is 5.03 Å². The molecule has 2 aromatic heterocycles. The maximum atomic E-state index is 12.0. The van der Waals surface area contributed by atoms with Gasteiger partial charge in [-0.3, -0.25) is 4.79 Å². The van der Waals surface area contributed by atoms with Crippen LogP contribution in [-0.2, 0) is 4.79 Å². The summed E-state index contributed by atoms with van der Waals surface area (Å²) in [6, 6.07) is 0.232. The van der Waals surface area contributed by atoms with E-state index in [1.807, 2.05) is 13.8 Å². The summed E-state index contributed by atoms with van der Waals surface area (Å²) in [6.45, 7) is 10.3. The number of thiophene rings is 1. The summed E-state index contributed by atoms with van der Waals surface area (Å²) in [6.07, 6.45) is 2.09. The highest BCUT2D eigenvalue weighted by Crippen LogP contribution is 2.34. The maximum absolute atomic E-state index is 12.0. The lowest BCUT2D eigenvalue weighted by Crippen LogP contribution is -2.33. The Morgan fingerprint density at radius 1 is 1.32 bits per heavy atom. The molecule has 2 rings (SSSR count). The highest BCUT2D eigenvalue weighted by atomic mass is 32.2. The Balaban J connectivity index is 2.13. The van der Waals surface area contributed by atoms with E-state index in [4.69, 9.17) is 0 Å². The fraction of sp³-hybridized carbons (Fsp3) is 0.562.